The molecule has 0 bridgehead atoms. The summed E-state index contributed by atoms with van der Waals surface area (Å²) in [5.74, 6) is 1.44. The number of hydrogen-bond acceptors (Lipinski definition) is 4. The van der Waals surface area contributed by atoms with E-state index >= 15 is 0 Å². The summed E-state index contributed by atoms with van der Waals surface area (Å²) in [7, 11) is 0. The van der Waals surface area contributed by atoms with Crippen molar-refractivity contribution in [3.8, 4) is 0 Å². The van der Waals surface area contributed by atoms with Crippen molar-refractivity contribution >= 4 is 5.95 Å². The summed E-state index contributed by atoms with van der Waals surface area (Å²) in [6, 6.07) is 0. The average Bonchev–Trinajstić information content (AvgIpc) is 2.91. The molecule has 0 spiro atoms. The number of anilines is 1. The van der Waals surface area contributed by atoms with Crippen LogP contribution in [-0.2, 0) is 13.0 Å². The SMILES string of the molecule is CC(C)c1nc(N2CCCC2)nc2c1CCNC2. The highest BCUT2D eigenvalue weighted by Crippen LogP contribution is 2.26. The van der Waals surface area contributed by atoms with Crippen LogP contribution in [-0.4, -0.2) is 29.6 Å². The maximum absolute atomic E-state index is 4.85. The summed E-state index contributed by atoms with van der Waals surface area (Å²) in [4.78, 5) is 12.0. The second-order valence-corrected chi connectivity index (χ2v) is 5.61. The Morgan fingerprint density at radius 2 is 1.94 bits per heavy atom. The van der Waals surface area contributed by atoms with Crippen molar-refractivity contribution in [2.75, 3.05) is 24.5 Å². The van der Waals surface area contributed by atoms with Crippen molar-refractivity contribution < 1.29 is 0 Å². The molecule has 0 saturated carbocycles. The van der Waals surface area contributed by atoms with E-state index in [9.17, 15) is 0 Å². The van der Waals surface area contributed by atoms with Gasteiger partial charge < -0.3 is 10.2 Å². The van der Waals surface area contributed by atoms with E-state index < -0.39 is 0 Å². The fourth-order valence-electron chi connectivity index (χ4n) is 2.91. The maximum atomic E-state index is 4.85. The van der Waals surface area contributed by atoms with Crippen molar-refractivity contribution in [2.45, 2.75) is 45.6 Å². The first-order chi connectivity index (χ1) is 8.75. The predicted molar refractivity (Wildman–Crippen MR) is 73.0 cm³/mol. The molecule has 3 heterocycles. The lowest BCUT2D eigenvalue weighted by Crippen LogP contribution is -2.29. The van der Waals surface area contributed by atoms with Gasteiger partial charge in [-0.25, -0.2) is 9.97 Å². The molecule has 0 aromatic carbocycles. The molecule has 0 aliphatic carbocycles. The molecule has 1 saturated heterocycles. The molecule has 4 nitrogen and oxygen atoms in total. The van der Waals surface area contributed by atoms with Gasteiger partial charge in [0, 0.05) is 19.6 Å². The van der Waals surface area contributed by atoms with Gasteiger partial charge in [-0.2, -0.15) is 0 Å². The Hall–Kier alpha value is -1.16. The first-order valence-electron chi connectivity index (χ1n) is 7.11. The molecule has 0 atom stereocenters. The van der Waals surface area contributed by atoms with Gasteiger partial charge in [0.15, 0.2) is 0 Å². The summed E-state index contributed by atoms with van der Waals surface area (Å²) < 4.78 is 0. The molecular weight excluding hydrogens is 224 g/mol. The number of nitrogens with one attached hydrogen (secondary N) is 1. The highest BCUT2D eigenvalue weighted by molar-refractivity contribution is 5.40. The summed E-state index contributed by atoms with van der Waals surface area (Å²) in [5.41, 5.74) is 3.89. The minimum absolute atomic E-state index is 0.487. The smallest absolute Gasteiger partial charge is 0.225 e. The molecule has 0 amide bonds. The molecule has 3 rings (SSSR count). The number of rotatable bonds is 2. The average molecular weight is 246 g/mol. The minimum Gasteiger partial charge on any atom is -0.341 e. The van der Waals surface area contributed by atoms with Crippen molar-refractivity contribution in [3.63, 3.8) is 0 Å². The fraction of sp³-hybridized carbons (Fsp3) is 0.714. The molecule has 98 valence electrons. The van der Waals surface area contributed by atoms with Crippen LogP contribution in [0.3, 0.4) is 0 Å². The van der Waals surface area contributed by atoms with Crippen LogP contribution in [0.4, 0.5) is 5.95 Å². The first kappa shape index (κ1) is 11.9. The third kappa shape index (κ3) is 2.09. The van der Waals surface area contributed by atoms with Gasteiger partial charge in [-0.3, -0.25) is 0 Å². The molecule has 1 N–H and O–H groups in total. The zero-order valence-electron chi connectivity index (χ0n) is 11.4. The standard InChI is InChI=1S/C14H22N4/c1-10(2)13-11-5-6-15-9-12(11)16-14(17-13)18-7-3-4-8-18/h10,15H,3-9H2,1-2H3. The van der Waals surface area contributed by atoms with E-state index in [0.717, 1.165) is 38.5 Å². The van der Waals surface area contributed by atoms with Crippen LogP contribution >= 0.6 is 0 Å². The van der Waals surface area contributed by atoms with Crippen LogP contribution in [0.2, 0.25) is 0 Å². The molecule has 1 aromatic heterocycles. The second-order valence-electron chi connectivity index (χ2n) is 5.61. The quantitative estimate of drug-likeness (QED) is 0.864. The molecular formula is C14H22N4. The summed E-state index contributed by atoms with van der Waals surface area (Å²) in [5, 5.41) is 3.42. The van der Waals surface area contributed by atoms with Crippen LogP contribution in [0, 0.1) is 0 Å². The molecule has 18 heavy (non-hydrogen) atoms. The summed E-state index contributed by atoms with van der Waals surface area (Å²) in [6.45, 7) is 8.65. The van der Waals surface area contributed by atoms with E-state index in [1.807, 2.05) is 0 Å². The minimum atomic E-state index is 0.487. The Morgan fingerprint density at radius 1 is 1.17 bits per heavy atom. The lowest BCUT2D eigenvalue weighted by atomic mass is 9.98. The van der Waals surface area contributed by atoms with Crippen molar-refractivity contribution in [1.29, 1.82) is 0 Å². The Labute approximate surface area is 109 Å². The van der Waals surface area contributed by atoms with Crippen LogP contribution < -0.4 is 10.2 Å². The first-order valence-corrected chi connectivity index (χ1v) is 7.11. The summed E-state index contributed by atoms with van der Waals surface area (Å²) >= 11 is 0. The van der Waals surface area contributed by atoms with Gasteiger partial charge in [0.05, 0.1) is 11.4 Å². The lowest BCUT2D eigenvalue weighted by molar-refractivity contribution is 0.606. The Bertz CT molecular complexity index is 436. The van der Waals surface area contributed by atoms with Crippen LogP contribution in [0.15, 0.2) is 0 Å². The highest BCUT2D eigenvalue weighted by atomic mass is 15.3. The third-order valence-electron chi connectivity index (χ3n) is 3.89. The van der Waals surface area contributed by atoms with Gasteiger partial charge >= 0.3 is 0 Å². The van der Waals surface area contributed by atoms with Gasteiger partial charge in [-0.05, 0) is 37.3 Å². The van der Waals surface area contributed by atoms with Crippen molar-refractivity contribution in [3.05, 3.63) is 17.0 Å². The zero-order valence-corrected chi connectivity index (χ0v) is 11.4. The normalized spacial score (nSPS) is 19.4. The zero-order chi connectivity index (χ0) is 12.5. The topological polar surface area (TPSA) is 41.1 Å². The Morgan fingerprint density at radius 3 is 2.67 bits per heavy atom. The van der Waals surface area contributed by atoms with E-state index in [2.05, 4.69) is 24.1 Å². The lowest BCUT2D eigenvalue weighted by Gasteiger charge is -2.24. The predicted octanol–water partition coefficient (Wildman–Crippen LogP) is 1.85. The van der Waals surface area contributed by atoms with Crippen molar-refractivity contribution in [2.24, 2.45) is 0 Å². The Balaban J connectivity index is 2.03. The molecule has 2 aliphatic rings. The van der Waals surface area contributed by atoms with E-state index in [4.69, 9.17) is 9.97 Å². The van der Waals surface area contributed by atoms with Crippen LogP contribution in [0.1, 0.15) is 49.6 Å². The monoisotopic (exact) mass is 246 g/mol. The molecule has 1 fully saturated rings. The molecule has 0 radical (unpaired) electrons. The largest absolute Gasteiger partial charge is 0.341 e. The second kappa shape index (κ2) is 4.84. The van der Waals surface area contributed by atoms with Gasteiger partial charge in [0.2, 0.25) is 5.95 Å². The molecule has 1 aromatic rings. The van der Waals surface area contributed by atoms with Gasteiger partial charge in [-0.15, -0.1) is 0 Å². The van der Waals surface area contributed by atoms with Gasteiger partial charge in [-0.1, -0.05) is 13.8 Å². The highest BCUT2D eigenvalue weighted by Gasteiger charge is 2.22. The van der Waals surface area contributed by atoms with E-state index in [1.54, 1.807) is 0 Å². The van der Waals surface area contributed by atoms with Gasteiger partial charge in [0.1, 0.15) is 0 Å². The van der Waals surface area contributed by atoms with E-state index in [0.29, 0.717) is 5.92 Å². The third-order valence-corrected chi connectivity index (χ3v) is 3.89. The number of aromatic nitrogens is 2. The fourth-order valence-corrected chi connectivity index (χ4v) is 2.91. The van der Waals surface area contributed by atoms with E-state index in [-0.39, 0.29) is 0 Å². The molecule has 2 aliphatic heterocycles. The van der Waals surface area contributed by atoms with Crippen molar-refractivity contribution in [1.82, 2.24) is 15.3 Å². The van der Waals surface area contributed by atoms with Crippen LogP contribution in [0.5, 0.6) is 0 Å². The molecule has 4 heteroatoms. The number of fused-ring (bicyclic) bond motifs is 1. The van der Waals surface area contributed by atoms with Crippen LogP contribution in [0.25, 0.3) is 0 Å². The van der Waals surface area contributed by atoms with E-state index in [1.165, 1.54) is 29.8 Å². The summed E-state index contributed by atoms with van der Waals surface area (Å²) in [6.07, 6.45) is 3.62. The van der Waals surface area contributed by atoms with Gasteiger partial charge in [0.25, 0.3) is 0 Å². The molecule has 0 unspecified atom stereocenters. The number of nitrogens with zero attached hydrogens (tertiary/aromatic N) is 3. The maximum Gasteiger partial charge on any atom is 0.225 e. The Kier molecular flexibility index (Phi) is 3.20. The number of hydrogen-bond donors (Lipinski definition) is 1.